The average Bonchev–Trinajstić information content (AvgIpc) is 3.28. The zero-order valence-corrected chi connectivity index (χ0v) is 18.4. The van der Waals surface area contributed by atoms with E-state index in [1.54, 1.807) is 17.7 Å². The molecule has 0 aromatic rings. The first-order chi connectivity index (χ1) is 10.7. The van der Waals surface area contributed by atoms with Crippen LogP contribution in [0.2, 0.25) is 17.7 Å². The Bertz CT molecular complexity index is 274. The van der Waals surface area contributed by atoms with Crippen molar-refractivity contribution in [2.45, 2.75) is 102 Å². The van der Waals surface area contributed by atoms with Gasteiger partial charge in [-0.05, 0) is 0 Å². The van der Waals surface area contributed by atoms with Crippen LogP contribution in [0.15, 0.2) is 12.7 Å². The summed E-state index contributed by atoms with van der Waals surface area (Å²) in [7, 11) is 0. The molecular weight excluding hydrogens is 375 g/mol. The molecule has 1 fully saturated rings. The molecule has 130 valence electrons. The standard InChI is InChI=1S/C8H13O.3C4H9.Sn/c1-3-5-8(6-4-2)7-9-8;3*1-3-4-2;/h3H,1-2,4-7H2;3*1,3-4H2,2H3;. The summed E-state index contributed by atoms with van der Waals surface area (Å²) < 4.78 is 12.3. The van der Waals surface area contributed by atoms with Gasteiger partial charge in [-0.15, -0.1) is 0 Å². The van der Waals surface area contributed by atoms with Gasteiger partial charge in [0.2, 0.25) is 0 Å². The molecule has 1 unspecified atom stereocenters. The van der Waals surface area contributed by atoms with Gasteiger partial charge in [0.25, 0.3) is 0 Å². The van der Waals surface area contributed by atoms with Gasteiger partial charge in [0, 0.05) is 0 Å². The van der Waals surface area contributed by atoms with E-state index in [0.29, 0.717) is 0 Å². The van der Waals surface area contributed by atoms with E-state index in [1.165, 1.54) is 51.4 Å². The molecule has 2 heteroatoms. The second-order valence-electron chi connectivity index (χ2n) is 7.63. The Balaban J connectivity index is 2.54. The number of hydrogen-bond acceptors (Lipinski definition) is 1. The number of epoxide rings is 1. The van der Waals surface area contributed by atoms with E-state index in [2.05, 4.69) is 33.4 Å². The van der Waals surface area contributed by atoms with Crippen molar-refractivity contribution in [1.29, 1.82) is 0 Å². The van der Waals surface area contributed by atoms with E-state index in [4.69, 9.17) is 4.74 Å². The minimum absolute atomic E-state index is 0.222. The Morgan fingerprint density at radius 1 is 0.909 bits per heavy atom. The minimum atomic E-state index is -1.88. The Labute approximate surface area is 144 Å². The molecule has 0 radical (unpaired) electrons. The summed E-state index contributed by atoms with van der Waals surface area (Å²) in [6, 6.07) is 0. The molecule has 0 saturated carbocycles. The summed E-state index contributed by atoms with van der Waals surface area (Å²) in [6.45, 7) is 12.0. The summed E-state index contributed by atoms with van der Waals surface area (Å²) in [6.07, 6.45) is 14.5. The van der Waals surface area contributed by atoms with Crippen LogP contribution >= 0.6 is 0 Å². The maximum atomic E-state index is 5.75. The maximum absolute atomic E-state index is 5.75. The molecular formula is C20H40OSn. The van der Waals surface area contributed by atoms with Gasteiger partial charge in [-0.3, -0.25) is 0 Å². The van der Waals surface area contributed by atoms with Crippen LogP contribution in [0.25, 0.3) is 0 Å². The zero-order chi connectivity index (χ0) is 16.3. The Morgan fingerprint density at radius 3 is 1.73 bits per heavy atom. The van der Waals surface area contributed by atoms with Crippen molar-refractivity contribution in [2.75, 3.05) is 6.61 Å². The molecule has 1 nitrogen and oxygen atoms in total. The third-order valence-corrected chi connectivity index (χ3v) is 21.7. The molecule has 0 N–H and O–H groups in total. The summed E-state index contributed by atoms with van der Waals surface area (Å²) in [5.74, 6) is 0. The first-order valence-electron chi connectivity index (χ1n) is 9.91. The predicted octanol–water partition coefficient (Wildman–Crippen LogP) is 6.96. The molecule has 1 saturated heterocycles. The van der Waals surface area contributed by atoms with Crippen molar-refractivity contribution in [3.8, 4) is 0 Å². The van der Waals surface area contributed by atoms with Crippen molar-refractivity contribution in [2.24, 2.45) is 0 Å². The second-order valence-corrected chi connectivity index (χ2v) is 21.9. The van der Waals surface area contributed by atoms with Crippen LogP contribution < -0.4 is 0 Å². The van der Waals surface area contributed by atoms with Crippen molar-refractivity contribution >= 4 is 18.4 Å². The zero-order valence-electron chi connectivity index (χ0n) is 15.6. The third-order valence-electron chi connectivity index (χ3n) is 5.59. The molecule has 22 heavy (non-hydrogen) atoms. The molecule has 0 bridgehead atoms. The first kappa shape index (κ1) is 20.5. The molecule has 0 spiro atoms. The summed E-state index contributed by atoms with van der Waals surface area (Å²) in [5.41, 5.74) is 0.222. The van der Waals surface area contributed by atoms with Gasteiger partial charge in [-0.1, -0.05) is 0 Å². The van der Waals surface area contributed by atoms with Crippen molar-refractivity contribution in [1.82, 2.24) is 0 Å². The fraction of sp³-hybridized carbons (Fsp3) is 0.900. The van der Waals surface area contributed by atoms with Crippen LogP contribution in [0.1, 0.15) is 78.6 Å². The molecule has 1 aliphatic rings. The quantitative estimate of drug-likeness (QED) is 0.160. The second kappa shape index (κ2) is 11.1. The normalized spacial score (nSPS) is 21.0. The molecule has 0 aromatic heterocycles. The van der Waals surface area contributed by atoms with E-state index in [1.807, 2.05) is 0 Å². The van der Waals surface area contributed by atoms with Crippen LogP contribution in [0.3, 0.4) is 0 Å². The monoisotopic (exact) mass is 416 g/mol. The van der Waals surface area contributed by atoms with Crippen LogP contribution in [-0.4, -0.2) is 30.6 Å². The Hall–Kier alpha value is 0.499. The van der Waals surface area contributed by atoms with Gasteiger partial charge in [0.1, 0.15) is 0 Å². The molecule has 0 amide bonds. The van der Waals surface area contributed by atoms with E-state index >= 15 is 0 Å². The topological polar surface area (TPSA) is 12.5 Å². The molecule has 1 atom stereocenters. The molecule has 0 aromatic carbocycles. The van der Waals surface area contributed by atoms with E-state index < -0.39 is 18.4 Å². The van der Waals surface area contributed by atoms with Gasteiger partial charge < -0.3 is 0 Å². The summed E-state index contributed by atoms with van der Waals surface area (Å²) in [5, 5.41) is 0. The van der Waals surface area contributed by atoms with Gasteiger partial charge in [-0.2, -0.15) is 0 Å². The van der Waals surface area contributed by atoms with E-state index in [9.17, 15) is 0 Å². The average molecular weight is 415 g/mol. The van der Waals surface area contributed by atoms with Crippen LogP contribution in [0.5, 0.6) is 0 Å². The van der Waals surface area contributed by atoms with Gasteiger partial charge in [-0.25, -0.2) is 0 Å². The molecule has 0 aliphatic carbocycles. The fourth-order valence-electron chi connectivity index (χ4n) is 3.92. The fourth-order valence-corrected chi connectivity index (χ4v) is 20.3. The molecule has 1 aliphatic heterocycles. The predicted molar refractivity (Wildman–Crippen MR) is 102 cm³/mol. The number of unbranched alkanes of at least 4 members (excludes halogenated alkanes) is 3. The number of ether oxygens (including phenoxy) is 1. The van der Waals surface area contributed by atoms with Crippen LogP contribution in [-0.2, 0) is 4.74 Å². The Morgan fingerprint density at radius 2 is 1.36 bits per heavy atom. The number of rotatable bonds is 15. The van der Waals surface area contributed by atoms with Crippen LogP contribution in [0, 0.1) is 0 Å². The van der Waals surface area contributed by atoms with Gasteiger partial charge in [0.15, 0.2) is 0 Å². The van der Waals surface area contributed by atoms with Gasteiger partial charge in [0.05, 0.1) is 0 Å². The van der Waals surface area contributed by atoms with Crippen molar-refractivity contribution < 1.29 is 4.74 Å². The SMILES string of the molecule is C=CCC1(CC[CH2][Sn]([CH2]CCC)([CH2]CCC)[CH2]CCC)CO1. The summed E-state index contributed by atoms with van der Waals surface area (Å²) in [4.78, 5) is 0. The van der Waals surface area contributed by atoms with E-state index in [-0.39, 0.29) is 5.60 Å². The van der Waals surface area contributed by atoms with Crippen LogP contribution in [0.4, 0.5) is 0 Å². The molecule has 1 heterocycles. The molecule has 1 rings (SSSR count). The van der Waals surface area contributed by atoms with Crippen molar-refractivity contribution in [3.05, 3.63) is 12.7 Å². The number of hydrogen-bond donors (Lipinski definition) is 0. The third kappa shape index (κ3) is 7.38. The van der Waals surface area contributed by atoms with Gasteiger partial charge >= 0.3 is 144 Å². The van der Waals surface area contributed by atoms with Crippen molar-refractivity contribution in [3.63, 3.8) is 0 Å². The Kier molecular flexibility index (Phi) is 10.4. The summed E-state index contributed by atoms with van der Waals surface area (Å²) >= 11 is -1.88. The first-order valence-corrected chi connectivity index (χ1v) is 18.0. The van der Waals surface area contributed by atoms with E-state index in [0.717, 1.165) is 13.0 Å².